The lowest BCUT2D eigenvalue weighted by atomic mass is 10.1. The number of esters is 3. The number of carbonyl (C=O) groups is 3. The van der Waals surface area contributed by atoms with Gasteiger partial charge in [-0.05, 0) is 103 Å². The van der Waals surface area contributed by atoms with Gasteiger partial charge in [-0.1, -0.05) is 231 Å². The molecule has 68 heavy (non-hydrogen) atoms. The molecule has 6 nitrogen and oxygen atoms in total. The van der Waals surface area contributed by atoms with Crippen LogP contribution in [-0.2, 0) is 28.6 Å². The Morgan fingerprint density at radius 2 is 0.632 bits per heavy atom. The highest BCUT2D eigenvalue weighted by atomic mass is 16.6. The van der Waals surface area contributed by atoms with Crippen LogP contribution in [0.2, 0.25) is 0 Å². The quantitative estimate of drug-likeness (QED) is 0.0199. The molecule has 0 aliphatic heterocycles. The van der Waals surface area contributed by atoms with Crippen LogP contribution in [0, 0.1) is 0 Å². The normalized spacial score (nSPS) is 13.2. The molecule has 0 saturated heterocycles. The highest BCUT2D eigenvalue weighted by Gasteiger charge is 2.19. The Morgan fingerprint density at radius 1 is 0.309 bits per heavy atom. The van der Waals surface area contributed by atoms with Crippen molar-refractivity contribution in [2.75, 3.05) is 13.2 Å². The zero-order valence-corrected chi connectivity index (χ0v) is 43.6. The minimum absolute atomic E-state index is 0.119. The van der Waals surface area contributed by atoms with E-state index in [1.54, 1.807) is 0 Å². The average Bonchev–Trinajstić information content (AvgIpc) is 3.34. The van der Waals surface area contributed by atoms with Crippen LogP contribution in [-0.4, -0.2) is 37.2 Å². The van der Waals surface area contributed by atoms with Gasteiger partial charge in [0, 0.05) is 19.3 Å². The topological polar surface area (TPSA) is 78.9 Å². The van der Waals surface area contributed by atoms with Crippen LogP contribution in [0.3, 0.4) is 0 Å². The molecule has 0 N–H and O–H groups in total. The summed E-state index contributed by atoms with van der Waals surface area (Å²) < 4.78 is 16.8. The molecule has 1 unspecified atom stereocenters. The SMILES string of the molecule is CCC\C=C/C=C\C=C/C=C\C=C/CCCCCCCC(=O)OCC(COC(=O)CCCCCCCC/C=C\C=C/CCCCC)OC(=O)CCC/C=C\C/C=C\C/C=C\C/C=C\CCCCC. The van der Waals surface area contributed by atoms with Crippen molar-refractivity contribution in [2.45, 2.75) is 226 Å². The molecule has 1 atom stereocenters. The standard InChI is InChI=1S/C62H98O6/c1-4-7-10-13-16-19-22-25-28-30-32-34-37-40-43-46-49-52-55-61(64)67-58-59(57-66-60(63)54-51-48-45-42-39-36-33-27-24-21-18-15-12-9-6-3)68-62(65)56-53-50-47-44-41-38-35-31-29-26-23-20-17-14-11-8-5-2/h10,13,16-22,24-30,32,34-35,38,44,47,59H,4-9,11-12,14-15,23,31,33,36-37,39-43,45-46,48-58H2,1-3H3/b13-10-,19-16-,20-17-,21-18-,25-22-,27-24-,29-26-,30-28-,34-32-,38-35-,47-44-. The summed E-state index contributed by atoms with van der Waals surface area (Å²) in [6.07, 6.45) is 77.1. The average molecular weight is 939 g/mol. The van der Waals surface area contributed by atoms with Crippen molar-refractivity contribution in [1.82, 2.24) is 0 Å². The molecule has 0 heterocycles. The van der Waals surface area contributed by atoms with E-state index in [0.717, 1.165) is 109 Å². The van der Waals surface area contributed by atoms with E-state index < -0.39 is 6.10 Å². The largest absolute Gasteiger partial charge is 0.462 e. The van der Waals surface area contributed by atoms with Crippen molar-refractivity contribution < 1.29 is 28.6 Å². The Hall–Kier alpha value is -4.45. The van der Waals surface area contributed by atoms with Crippen LogP contribution in [0.15, 0.2) is 134 Å². The summed E-state index contributed by atoms with van der Waals surface area (Å²) in [6, 6.07) is 0. The molecule has 6 heteroatoms. The Bertz CT molecular complexity index is 1500. The van der Waals surface area contributed by atoms with Crippen molar-refractivity contribution in [3.8, 4) is 0 Å². The second-order valence-corrected chi connectivity index (χ2v) is 17.6. The molecule has 0 radical (unpaired) electrons. The van der Waals surface area contributed by atoms with Gasteiger partial charge in [-0.3, -0.25) is 14.4 Å². The minimum Gasteiger partial charge on any atom is -0.462 e. The van der Waals surface area contributed by atoms with Crippen LogP contribution < -0.4 is 0 Å². The van der Waals surface area contributed by atoms with E-state index in [0.29, 0.717) is 19.3 Å². The number of hydrogen-bond acceptors (Lipinski definition) is 6. The maximum Gasteiger partial charge on any atom is 0.306 e. The van der Waals surface area contributed by atoms with E-state index in [1.807, 2.05) is 36.5 Å². The molecule has 0 saturated carbocycles. The minimum atomic E-state index is -0.828. The predicted molar refractivity (Wildman–Crippen MR) is 292 cm³/mol. The second-order valence-electron chi connectivity index (χ2n) is 17.6. The summed E-state index contributed by atoms with van der Waals surface area (Å²) in [5.74, 6) is -1.02. The number of allylic oxidation sites excluding steroid dienone is 22. The number of hydrogen-bond donors (Lipinski definition) is 0. The van der Waals surface area contributed by atoms with Gasteiger partial charge in [-0.2, -0.15) is 0 Å². The van der Waals surface area contributed by atoms with Gasteiger partial charge in [0.05, 0.1) is 0 Å². The Labute approximate surface area is 417 Å². The van der Waals surface area contributed by atoms with E-state index in [2.05, 4.69) is 118 Å². The fraction of sp³-hybridized carbons (Fsp3) is 0.597. The van der Waals surface area contributed by atoms with Crippen molar-refractivity contribution in [3.05, 3.63) is 134 Å². The number of unbranched alkanes of at least 4 members (excludes halogenated alkanes) is 19. The molecule has 0 aliphatic carbocycles. The fourth-order valence-corrected chi connectivity index (χ4v) is 6.87. The van der Waals surface area contributed by atoms with Gasteiger partial charge in [-0.25, -0.2) is 0 Å². The monoisotopic (exact) mass is 939 g/mol. The predicted octanol–water partition coefficient (Wildman–Crippen LogP) is 18.3. The summed E-state index contributed by atoms with van der Waals surface area (Å²) in [5.41, 5.74) is 0. The first-order chi connectivity index (χ1) is 33.5. The molecule has 0 rings (SSSR count). The van der Waals surface area contributed by atoms with E-state index in [-0.39, 0.29) is 37.5 Å². The molecular weight excluding hydrogens is 841 g/mol. The molecule has 0 aromatic rings. The molecule has 0 aliphatic rings. The van der Waals surface area contributed by atoms with E-state index in [1.165, 1.54) is 64.2 Å². The van der Waals surface area contributed by atoms with Gasteiger partial charge >= 0.3 is 17.9 Å². The highest BCUT2D eigenvalue weighted by Crippen LogP contribution is 2.12. The van der Waals surface area contributed by atoms with Crippen molar-refractivity contribution in [1.29, 1.82) is 0 Å². The molecule has 0 spiro atoms. The first kappa shape index (κ1) is 63.5. The van der Waals surface area contributed by atoms with E-state index >= 15 is 0 Å². The third kappa shape index (κ3) is 52.5. The highest BCUT2D eigenvalue weighted by molar-refractivity contribution is 5.71. The van der Waals surface area contributed by atoms with Gasteiger partial charge in [-0.15, -0.1) is 0 Å². The maximum atomic E-state index is 12.8. The Morgan fingerprint density at radius 3 is 1.07 bits per heavy atom. The number of carbonyl (C=O) groups excluding carboxylic acids is 3. The summed E-state index contributed by atoms with van der Waals surface area (Å²) in [6.45, 7) is 6.40. The molecular formula is C62H98O6. The third-order valence-corrected chi connectivity index (χ3v) is 11.0. The molecule has 0 fully saturated rings. The zero-order valence-electron chi connectivity index (χ0n) is 43.6. The van der Waals surface area contributed by atoms with E-state index in [9.17, 15) is 14.4 Å². The smallest absolute Gasteiger partial charge is 0.306 e. The van der Waals surface area contributed by atoms with Crippen molar-refractivity contribution >= 4 is 17.9 Å². The molecule has 0 aromatic carbocycles. The summed E-state index contributed by atoms with van der Waals surface area (Å²) in [5, 5.41) is 0. The number of rotatable bonds is 47. The molecule has 0 amide bonds. The zero-order chi connectivity index (χ0) is 49.3. The van der Waals surface area contributed by atoms with Crippen molar-refractivity contribution in [3.63, 3.8) is 0 Å². The summed E-state index contributed by atoms with van der Waals surface area (Å²) in [7, 11) is 0. The number of ether oxygens (including phenoxy) is 3. The lowest BCUT2D eigenvalue weighted by molar-refractivity contribution is -0.167. The first-order valence-electron chi connectivity index (χ1n) is 27.3. The lowest BCUT2D eigenvalue weighted by Crippen LogP contribution is -2.30. The second kappa shape index (κ2) is 55.1. The summed E-state index contributed by atoms with van der Waals surface area (Å²) in [4.78, 5) is 38.1. The summed E-state index contributed by atoms with van der Waals surface area (Å²) >= 11 is 0. The van der Waals surface area contributed by atoms with Crippen LogP contribution in [0.5, 0.6) is 0 Å². The van der Waals surface area contributed by atoms with Gasteiger partial charge in [0.25, 0.3) is 0 Å². The van der Waals surface area contributed by atoms with Crippen LogP contribution in [0.25, 0.3) is 0 Å². The van der Waals surface area contributed by atoms with Gasteiger partial charge in [0.2, 0.25) is 0 Å². The molecule has 382 valence electrons. The first-order valence-corrected chi connectivity index (χ1v) is 27.3. The van der Waals surface area contributed by atoms with Crippen LogP contribution in [0.1, 0.15) is 220 Å². The van der Waals surface area contributed by atoms with Crippen molar-refractivity contribution in [2.24, 2.45) is 0 Å². The van der Waals surface area contributed by atoms with E-state index in [4.69, 9.17) is 14.2 Å². The van der Waals surface area contributed by atoms with Crippen LogP contribution in [0.4, 0.5) is 0 Å². The van der Waals surface area contributed by atoms with Gasteiger partial charge in [0.15, 0.2) is 6.10 Å². The third-order valence-electron chi connectivity index (χ3n) is 11.0. The fourth-order valence-electron chi connectivity index (χ4n) is 6.87. The lowest BCUT2D eigenvalue weighted by Gasteiger charge is -2.18. The van der Waals surface area contributed by atoms with Gasteiger partial charge in [0.1, 0.15) is 13.2 Å². The Kier molecular flexibility index (Phi) is 51.5. The molecule has 0 bridgehead atoms. The Balaban J connectivity index is 4.58. The molecule has 0 aromatic heterocycles. The van der Waals surface area contributed by atoms with Gasteiger partial charge < -0.3 is 14.2 Å². The maximum absolute atomic E-state index is 12.8. The van der Waals surface area contributed by atoms with Crippen LogP contribution >= 0.6 is 0 Å².